The molecule has 0 aromatic heterocycles. The van der Waals surface area contributed by atoms with E-state index in [1.807, 2.05) is 24.3 Å². The molecule has 1 aliphatic rings. The molecule has 1 aliphatic heterocycles. The number of hydrogen-bond donors (Lipinski definition) is 5. The quantitative estimate of drug-likeness (QED) is 0.142. The summed E-state index contributed by atoms with van der Waals surface area (Å²) in [4.78, 5) is 73.9. The van der Waals surface area contributed by atoms with Crippen LogP contribution in [0.15, 0.2) is 42.5 Å². The van der Waals surface area contributed by atoms with Crippen molar-refractivity contribution >= 4 is 35.5 Å². The predicted molar refractivity (Wildman–Crippen MR) is 137 cm³/mol. The van der Waals surface area contributed by atoms with Crippen LogP contribution in [0.4, 0.5) is 0 Å². The van der Waals surface area contributed by atoms with Crippen LogP contribution >= 0.6 is 0 Å². The molecule has 12 heteroatoms. The Morgan fingerprint density at radius 2 is 1.51 bits per heavy atom. The molecule has 1 heterocycles. The van der Waals surface area contributed by atoms with Gasteiger partial charge in [0, 0.05) is 25.9 Å². The highest BCUT2D eigenvalue weighted by Crippen LogP contribution is 2.24. The van der Waals surface area contributed by atoms with E-state index in [1.165, 1.54) is 23.2 Å². The zero-order valence-corrected chi connectivity index (χ0v) is 21.4. The fourth-order valence-electron chi connectivity index (χ4n) is 4.12. The minimum atomic E-state index is -1.31. The van der Waals surface area contributed by atoms with Crippen LogP contribution in [0.2, 0.25) is 0 Å². The maximum Gasteiger partial charge on any atom is 0.335 e. The number of hydrogen-bond acceptors (Lipinski definition) is 7. The number of amides is 5. The zero-order valence-electron chi connectivity index (χ0n) is 21.4. The smallest absolute Gasteiger partial charge is 0.335 e. The number of fused-ring (bicyclic) bond motifs is 1. The molecule has 5 N–H and O–H groups in total. The van der Waals surface area contributed by atoms with Gasteiger partial charge in [0.2, 0.25) is 11.8 Å². The van der Waals surface area contributed by atoms with Gasteiger partial charge in [-0.1, -0.05) is 37.6 Å². The molecule has 0 saturated heterocycles. The van der Waals surface area contributed by atoms with Crippen LogP contribution in [0, 0.1) is 0 Å². The molecule has 39 heavy (non-hydrogen) atoms. The number of imide groups is 1. The summed E-state index contributed by atoms with van der Waals surface area (Å²) >= 11 is 0. The van der Waals surface area contributed by atoms with E-state index >= 15 is 0 Å². The van der Waals surface area contributed by atoms with E-state index in [2.05, 4.69) is 17.6 Å². The van der Waals surface area contributed by atoms with E-state index in [1.54, 1.807) is 0 Å². The lowest BCUT2D eigenvalue weighted by atomic mass is 10.0. The second-order valence-electron chi connectivity index (χ2n) is 9.04. The molecule has 0 saturated carbocycles. The van der Waals surface area contributed by atoms with Gasteiger partial charge in [0.15, 0.2) is 0 Å². The van der Waals surface area contributed by atoms with Crippen molar-refractivity contribution in [3.63, 3.8) is 0 Å². The van der Waals surface area contributed by atoms with Gasteiger partial charge in [0.25, 0.3) is 17.7 Å². The number of nitrogens with zero attached hydrogens (tertiary/aromatic N) is 1. The number of rotatable bonds is 13. The SMILES string of the molecule is CCCc1ccc(CCC(=O)NC[C@H](NC(=O)CCN2C(=O)c3ccc(C(=O)O)cc3C2=O)C(=O)NO)cc1. The number of aryl methyl sites for hydroxylation is 2. The van der Waals surface area contributed by atoms with Crippen LogP contribution in [0.25, 0.3) is 0 Å². The van der Waals surface area contributed by atoms with Crippen molar-refractivity contribution < 1.29 is 39.1 Å². The van der Waals surface area contributed by atoms with E-state index in [9.17, 15) is 28.8 Å². The highest BCUT2D eigenvalue weighted by molar-refractivity contribution is 6.22. The van der Waals surface area contributed by atoms with Crippen LogP contribution in [0.5, 0.6) is 0 Å². The van der Waals surface area contributed by atoms with E-state index in [0.717, 1.165) is 29.4 Å². The fraction of sp³-hybridized carbons (Fsp3) is 0.333. The van der Waals surface area contributed by atoms with Gasteiger partial charge in [-0.2, -0.15) is 0 Å². The molecule has 1 atom stereocenters. The normalized spacial score (nSPS) is 13.0. The third-order valence-corrected chi connectivity index (χ3v) is 6.25. The van der Waals surface area contributed by atoms with Gasteiger partial charge in [0.1, 0.15) is 6.04 Å². The second kappa shape index (κ2) is 13.3. The topological polar surface area (TPSA) is 182 Å². The van der Waals surface area contributed by atoms with Gasteiger partial charge in [-0.3, -0.25) is 34.1 Å². The van der Waals surface area contributed by atoms with Crippen molar-refractivity contribution in [3.05, 3.63) is 70.3 Å². The third kappa shape index (κ3) is 7.48. The highest BCUT2D eigenvalue weighted by Gasteiger charge is 2.36. The third-order valence-electron chi connectivity index (χ3n) is 6.25. The minimum Gasteiger partial charge on any atom is -0.478 e. The molecule has 3 rings (SSSR count). The lowest BCUT2D eigenvalue weighted by Gasteiger charge is -2.19. The first-order valence-electron chi connectivity index (χ1n) is 12.5. The molecule has 0 aliphatic carbocycles. The highest BCUT2D eigenvalue weighted by atomic mass is 16.5. The number of benzene rings is 2. The van der Waals surface area contributed by atoms with Crippen LogP contribution < -0.4 is 16.1 Å². The molecule has 0 spiro atoms. The molecule has 0 bridgehead atoms. The summed E-state index contributed by atoms with van der Waals surface area (Å²) in [5.41, 5.74) is 3.44. The van der Waals surface area contributed by atoms with E-state index in [0.29, 0.717) is 6.42 Å². The Morgan fingerprint density at radius 3 is 2.13 bits per heavy atom. The first-order valence-corrected chi connectivity index (χ1v) is 12.5. The molecule has 2 aromatic carbocycles. The number of carbonyl (C=O) groups excluding carboxylic acids is 5. The molecule has 0 fully saturated rings. The number of carbonyl (C=O) groups is 6. The van der Waals surface area contributed by atoms with Crippen molar-refractivity contribution in [2.24, 2.45) is 0 Å². The molecule has 2 aromatic rings. The van der Waals surface area contributed by atoms with Crippen molar-refractivity contribution in [2.45, 2.75) is 45.1 Å². The summed E-state index contributed by atoms with van der Waals surface area (Å²) in [6.07, 6.45) is 2.29. The predicted octanol–water partition coefficient (Wildman–Crippen LogP) is 1.06. The molecule has 206 valence electrons. The largest absolute Gasteiger partial charge is 0.478 e. The van der Waals surface area contributed by atoms with Gasteiger partial charge in [-0.25, -0.2) is 10.3 Å². The summed E-state index contributed by atoms with van der Waals surface area (Å²) < 4.78 is 0. The van der Waals surface area contributed by atoms with Crippen molar-refractivity contribution in [2.75, 3.05) is 13.1 Å². The van der Waals surface area contributed by atoms with E-state index < -0.39 is 35.6 Å². The summed E-state index contributed by atoms with van der Waals surface area (Å²) in [5.74, 6) is -4.69. The zero-order chi connectivity index (χ0) is 28.5. The van der Waals surface area contributed by atoms with Crippen LogP contribution in [0.1, 0.15) is 68.4 Å². The van der Waals surface area contributed by atoms with E-state index in [4.69, 9.17) is 10.3 Å². The minimum absolute atomic E-state index is 0.0301. The van der Waals surface area contributed by atoms with Crippen molar-refractivity contribution in [1.82, 2.24) is 21.0 Å². The molecular weight excluding hydrogens is 508 g/mol. The lowest BCUT2D eigenvalue weighted by Crippen LogP contribution is -2.52. The number of carboxylic acids is 1. The lowest BCUT2D eigenvalue weighted by molar-refractivity contribution is -0.135. The first kappa shape index (κ1) is 29.0. The molecular formula is C27H30N4O8. The first-order chi connectivity index (χ1) is 18.6. The number of carboxylic acid groups (broad SMARTS) is 1. The Kier molecular flexibility index (Phi) is 9.87. The maximum absolute atomic E-state index is 12.6. The maximum atomic E-state index is 12.6. The molecule has 12 nitrogen and oxygen atoms in total. The summed E-state index contributed by atoms with van der Waals surface area (Å²) in [5, 5.41) is 23.0. The summed E-state index contributed by atoms with van der Waals surface area (Å²) in [6.45, 7) is 1.48. The Labute approximate surface area is 224 Å². The summed E-state index contributed by atoms with van der Waals surface area (Å²) in [7, 11) is 0. The van der Waals surface area contributed by atoms with Crippen LogP contribution in [-0.4, -0.2) is 69.9 Å². The fourth-order valence-corrected chi connectivity index (χ4v) is 4.12. The second-order valence-corrected chi connectivity index (χ2v) is 9.04. The number of aromatic carboxylic acids is 1. The van der Waals surface area contributed by atoms with Crippen molar-refractivity contribution in [1.29, 1.82) is 0 Å². The van der Waals surface area contributed by atoms with E-state index in [-0.39, 0.29) is 48.5 Å². The molecule has 5 amide bonds. The average molecular weight is 539 g/mol. The number of hydroxylamine groups is 1. The Balaban J connectivity index is 1.49. The van der Waals surface area contributed by atoms with Gasteiger partial charge >= 0.3 is 5.97 Å². The Morgan fingerprint density at radius 1 is 0.872 bits per heavy atom. The van der Waals surface area contributed by atoms with Gasteiger partial charge < -0.3 is 15.7 Å². The van der Waals surface area contributed by atoms with Gasteiger partial charge in [-0.05, 0) is 42.2 Å². The van der Waals surface area contributed by atoms with Gasteiger partial charge in [-0.15, -0.1) is 0 Å². The standard InChI is InChI=1S/C27H30N4O8/c1-2-3-16-4-6-17(7-5-16)8-11-22(32)28-15-21(24(34)30-39)29-23(33)12-13-31-25(35)19-10-9-18(27(37)38)14-20(19)26(31)36/h4-7,9-10,14,21,39H,2-3,8,11-13,15H2,1H3,(H,28,32)(H,29,33)(H,30,34)(H,37,38)/t21-/m0/s1. The van der Waals surface area contributed by atoms with Crippen LogP contribution in [-0.2, 0) is 27.2 Å². The van der Waals surface area contributed by atoms with Crippen LogP contribution in [0.3, 0.4) is 0 Å². The Hall–Kier alpha value is -4.58. The Bertz CT molecular complexity index is 1280. The monoisotopic (exact) mass is 538 g/mol. The van der Waals surface area contributed by atoms with Gasteiger partial charge in [0.05, 0.1) is 16.7 Å². The molecule has 0 unspecified atom stereocenters. The van der Waals surface area contributed by atoms with Crippen molar-refractivity contribution in [3.8, 4) is 0 Å². The average Bonchev–Trinajstić information content (AvgIpc) is 3.17. The molecule has 0 radical (unpaired) electrons. The summed E-state index contributed by atoms with van der Waals surface area (Å²) in [6, 6.07) is 10.2. The number of nitrogens with one attached hydrogen (secondary N) is 3.